The Hall–Kier alpha value is -3.35. The summed E-state index contributed by atoms with van der Waals surface area (Å²) in [6.45, 7) is 6.48. The lowest BCUT2D eigenvalue weighted by atomic mass is 10.1. The van der Waals surface area contributed by atoms with Gasteiger partial charge in [0.2, 0.25) is 6.23 Å². The number of carbonyl (C=O) groups is 3. The molecule has 1 N–H and O–H groups in total. The minimum Gasteiger partial charge on any atom is -0.463 e. The van der Waals surface area contributed by atoms with Gasteiger partial charge >= 0.3 is 29.6 Å². The molecule has 3 unspecified atom stereocenters. The average Bonchev–Trinajstić information content (AvgIpc) is 2.88. The van der Waals surface area contributed by atoms with E-state index >= 15 is 0 Å². The van der Waals surface area contributed by atoms with Crippen LogP contribution in [0.2, 0.25) is 0 Å². The first-order valence-corrected chi connectivity index (χ1v) is 8.93. The van der Waals surface area contributed by atoms with Gasteiger partial charge in [-0.15, -0.1) is 0 Å². The van der Waals surface area contributed by atoms with Crippen molar-refractivity contribution < 1.29 is 42.1 Å². The summed E-state index contributed by atoms with van der Waals surface area (Å²) < 4.78 is 49.7. The number of ether oxygens (including phenoxy) is 4. The molecule has 0 aromatic carbocycles. The maximum absolute atomic E-state index is 14.9. The third kappa shape index (κ3) is 6.07. The topological polar surface area (TPSA) is 135 Å². The van der Waals surface area contributed by atoms with Crippen molar-refractivity contribution >= 4 is 23.8 Å². The lowest BCUT2D eigenvalue weighted by molar-refractivity contribution is -0.174. The third-order valence-electron chi connectivity index (χ3n) is 3.86. The molecule has 0 saturated carbocycles. The molecule has 2 heterocycles. The largest absolute Gasteiger partial charge is 0.463 e. The van der Waals surface area contributed by atoms with Gasteiger partial charge in [-0.3, -0.25) is 19.5 Å². The number of nitrogens with one attached hydrogen (secondary N) is 1. The molecule has 0 spiro atoms. The number of hydrogen-bond donors (Lipinski definition) is 1. The Morgan fingerprint density at radius 1 is 1.26 bits per heavy atom. The zero-order valence-corrected chi connectivity index (χ0v) is 16.9. The van der Waals surface area contributed by atoms with Crippen LogP contribution in [0.3, 0.4) is 0 Å². The number of rotatable bonds is 7. The Morgan fingerprint density at radius 3 is 2.48 bits per heavy atom. The van der Waals surface area contributed by atoms with Gasteiger partial charge in [0.25, 0.3) is 0 Å². The van der Waals surface area contributed by atoms with Crippen LogP contribution in [0.4, 0.5) is 19.4 Å². The Balaban J connectivity index is 2.24. The predicted octanol–water partition coefficient (Wildman–Crippen LogP) is 1.40. The van der Waals surface area contributed by atoms with E-state index in [0.29, 0.717) is 10.1 Å². The Labute approximate surface area is 174 Å². The number of esters is 2. The fourth-order valence-electron chi connectivity index (χ4n) is 2.62. The smallest absolute Gasteiger partial charge is 0.413 e. The first-order chi connectivity index (χ1) is 14.4. The summed E-state index contributed by atoms with van der Waals surface area (Å²) in [5, 5.41) is 2.17. The first kappa shape index (κ1) is 23.9. The van der Waals surface area contributed by atoms with Gasteiger partial charge in [-0.1, -0.05) is 6.58 Å². The molecule has 1 saturated heterocycles. The van der Waals surface area contributed by atoms with E-state index in [1.54, 1.807) is 6.92 Å². The standard InChI is InChI=1S/C18H21F2N3O8/c1-9(2)7-29-17(27)22-13-5-6-23(16(26)21-13)15-18(19,20)14(30-11(4)25)12(31-15)8-28-10(3)24/h5-6,12,14-15H,1,7-8H2,2-4H3,(H,21,22,26,27). The zero-order valence-electron chi connectivity index (χ0n) is 16.9. The van der Waals surface area contributed by atoms with Crippen LogP contribution >= 0.6 is 0 Å². The van der Waals surface area contributed by atoms with Gasteiger partial charge in [-0.25, -0.2) is 9.59 Å². The Bertz CT molecular complexity index is 933. The number of carbonyl (C=O) groups excluding carboxylic acids is 3. The SMILES string of the molecule is C=C(C)COC(=O)Nc1ccn(C2OC(COC(C)=O)C(OC(C)=O)C2(F)F)c(=O)n1. The zero-order chi connectivity index (χ0) is 23.3. The van der Waals surface area contributed by atoms with Crippen molar-refractivity contribution in [3.63, 3.8) is 0 Å². The lowest BCUT2D eigenvalue weighted by Crippen LogP contribution is -2.44. The van der Waals surface area contributed by atoms with Crippen molar-refractivity contribution in [2.45, 2.75) is 45.1 Å². The molecule has 0 aliphatic carbocycles. The van der Waals surface area contributed by atoms with Gasteiger partial charge in [0, 0.05) is 20.0 Å². The second-order valence-corrected chi connectivity index (χ2v) is 6.69. The van der Waals surface area contributed by atoms with E-state index in [4.69, 9.17) is 9.47 Å². The van der Waals surface area contributed by atoms with Gasteiger partial charge in [0.15, 0.2) is 6.10 Å². The second-order valence-electron chi connectivity index (χ2n) is 6.69. The molecule has 0 bridgehead atoms. The molecule has 1 amide bonds. The van der Waals surface area contributed by atoms with Crippen molar-refractivity contribution in [1.29, 1.82) is 0 Å². The van der Waals surface area contributed by atoms with E-state index in [0.717, 1.165) is 26.1 Å². The molecule has 170 valence electrons. The van der Waals surface area contributed by atoms with E-state index in [1.165, 1.54) is 0 Å². The van der Waals surface area contributed by atoms with E-state index < -0.39 is 54.7 Å². The van der Waals surface area contributed by atoms with Crippen LogP contribution in [0.5, 0.6) is 0 Å². The molecule has 1 aliphatic rings. The van der Waals surface area contributed by atoms with Crippen molar-refractivity contribution in [1.82, 2.24) is 9.55 Å². The number of amides is 1. The van der Waals surface area contributed by atoms with Crippen LogP contribution < -0.4 is 11.0 Å². The minimum atomic E-state index is -3.86. The monoisotopic (exact) mass is 445 g/mol. The first-order valence-electron chi connectivity index (χ1n) is 8.93. The number of alkyl halides is 2. The highest BCUT2D eigenvalue weighted by molar-refractivity contribution is 5.83. The lowest BCUT2D eigenvalue weighted by Gasteiger charge is -2.23. The van der Waals surface area contributed by atoms with Gasteiger partial charge in [0.1, 0.15) is 25.1 Å². The maximum atomic E-state index is 14.9. The summed E-state index contributed by atoms with van der Waals surface area (Å²) >= 11 is 0. The van der Waals surface area contributed by atoms with E-state index in [1.807, 2.05) is 0 Å². The molecule has 3 atom stereocenters. The highest BCUT2D eigenvalue weighted by Gasteiger charge is 2.62. The van der Waals surface area contributed by atoms with Crippen molar-refractivity contribution in [3.05, 3.63) is 34.9 Å². The molecule has 1 fully saturated rings. The highest BCUT2D eigenvalue weighted by Crippen LogP contribution is 2.44. The highest BCUT2D eigenvalue weighted by atomic mass is 19.3. The number of hydrogen-bond acceptors (Lipinski definition) is 9. The van der Waals surface area contributed by atoms with Gasteiger partial charge < -0.3 is 18.9 Å². The van der Waals surface area contributed by atoms with Gasteiger partial charge in [-0.05, 0) is 18.6 Å². The number of nitrogens with zero attached hydrogens (tertiary/aromatic N) is 2. The molecule has 0 radical (unpaired) electrons. The van der Waals surface area contributed by atoms with Gasteiger partial charge in [0.05, 0.1) is 0 Å². The van der Waals surface area contributed by atoms with Gasteiger partial charge in [-0.2, -0.15) is 13.8 Å². The molecule has 1 aromatic heterocycles. The average molecular weight is 445 g/mol. The molecule has 11 nitrogen and oxygen atoms in total. The number of aromatic nitrogens is 2. The Kier molecular flexibility index (Phi) is 7.44. The summed E-state index contributed by atoms with van der Waals surface area (Å²) in [7, 11) is 0. The third-order valence-corrected chi connectivity index (χ3v) is 3.86. The summed E-state index contributed by atoms with van der Waals surface area (Å²) in [6, 6.07) is 1.07. The molecule has 31 heavy (non-hydrogen) atoms. The van der Waals surface area contributed by atoms with Crippen molar-refractivity contribution in [3.8, 4) is 0 Å². The second kappa shape index (κ2) is 9.64. The molecular weight excluding hydrogens is 424 g/mol. The molecule has 2 rings (SSSR count). The van der Waals surface area contributed by atoms with Crippen LogP contribution in [-0.2, 0) is 28.5 Å². The predicted molar refractivity (Wildman–Crippen MR) is 99.3 cm³/mol. The molecule has 1 aliphatic heterocycles. The normalized spacial score (nSPS) is 21.8. The van der Waals surface area contributed by atoms with Crippen LogP contribution in [0.25, 0.3) is 0 Å². The summed E-state index contributed by atoms with van der Waals surface area (Å²) in [5.41, 5.74) is -0.609. The number of anilines is 1. The van der Waals surface area contributed by atoms with Crippen LogP contribution in [0.15, 0.2) is 29.2 Å². The van der Waals surface area contributed by atoms with Crippen molar-refractivity contribution in [2.75, 3.05) is 18.5 Å². The fourth-order valence-corrected chi connectivity index (χ4v) is 2.62. The van der Waals surface area contributed by atoms with E-state index in [2.05, 4.69) is 26.4 Å². The van der Waals surface area contributed by atoms with Crippen LogP contribution in [0.1, 0.15) is 27.0 Å². The van der Waals surface area contributed by atoms with Crippen LogP contribution in [0, 0.1) is 0 Å². The van der Waals surface area contributed by atoms with E-state index in [-0.39, 0.29) is 12.4 Å². The Morgan fingerprint density at radius 2 is 1.94 bits per heavy atom. The fraction of sp³-hybridized carbons (Fsp3) is 0.500. The maximum Gasteiger partial charge on any atom is 0.413 e. The summed E-state index contributed by atoms with van der Waals surface area (Å²) in [6.07, 6.45) is -5.86. The van der Waals surface area contributed by atoms with Crippen molar-refractivity contribution in [2.24, 2.45) is 0 Å². The van der Waals surface area contributed by atoms with E-state index in [9.17, 15) is 28.0 Å². The minimum absolute atomic E-state index is 0.0632. The van der Waals surface area contributed by atoms with Crippen LogP contribution in [-0.4, -0.2) is 58.9 Å². The molecular formula is C18H21F2N3O8. The molecule has 13 heteroatoms. The quantitative estimate of drug-likeness (QED) is 0.375. The number of halogens is 2. The summed E-state index contributed by atoms with van der Waals surface area (Å²) in [4.78, 5) is 49.7. The summed E-state index contributed by atoms with van der Waals surface area (Å²) in [5.74, 6) is -5.88. The molecule has 1 aromatic rings.